The van der Waals surface area contributed by atoms with E-state index in [2.05, 4.69) is 5.32 Å². The maximum atomic E-state index is 13.7. The van der Waals surface area contributed by atoms with Gasteiger partial charge in [0.15, 0.2) is 11.6 Å². The van der Waals surface area contributed by atoms with Crippen molar-refractivity contribution in [1.82, 2.24) is 9.62 Å². The van der Waals surface area contributed by atoms with Crippen molar-refractivity contribution in [3.05, 3.63) is 59.4 Å². The fraction of sp³-hybridized carbons (Fsp3) is 0.316. The van der Waals surface area contributed by atoms with Crippen LogP contribution in [0.5, 0.6) is 5.75 Å². The highest BCUT2D eigenvalue weighted by Gasteiger charge is 2.21. The second kappa shape index (κ2) is 8.96. The average molecular weight is 394 g/mol. The topological polar surface area (TPSA) is 75.7 Å². The van der Waals surface area contributed by atoms with Crippen molar-refractivity contribution in [2.45, 2.75) is 25.3 Å². The number of benzene rings is 2. The minimum Gasteiger partial charge on any atom is -0.494 e. The van der Waals surface area contributed by atoms with Gasteiger partial charge in [0.05, 0.1) is 12.0 Å². The third-order valence-corrected chi connectivity index (χ3v) is 6.20. The van der Waals surface area contributed by atoms with E-state index in [1.807, 2.05) is 0 Å². The molecule has 0 aliphatic rings. The summed E-state index contributed by atoms with van der Waals surface area (Å²) in [6, 6.07) is 10.3. The Balaban J connectivity index is 2.05. The van der Waals surface area contributed by atoms with Gasteiger partial charge in [-0.2, -0.15) is 4.31 Å². The van der Waals surface area contributed by atoms with Crippen molar-refractivity contribution in [3.8, 4) is 5.75 Å². The van der Waals surface area contributed by atoms with Crippen LogP contribution >= 0.6 is 0 Å². The predicted molar refractivity (Wildman–Crippen MR) is 101 cm³/mol. The Morgan fingerprint density at radius 2 is 1.74 bits per heavy atom. The SMILES string of the molecule is CCN(CC)S(=O)(=O)c1ccc(CNC(=O)c2ccc(OC)c(F)c2)cc1. The van der Waals surface area contributed by atoms with Crippen molar-refractivity contribution in [1.29, 1.82) is 0 Å². The van der Waals surface area contributed by atoms with Crippen molar-refractivity contribution in [3.63, 3.8) is 0 Å². The minimum absolute atomic E-state index is 0.0663. The summed E-state index contributed by atoms with van der Waals surface area (Å²) in [5, 5.41) is 2.68. The third-order valence-electron chi connectivity index (χ3n) is 4.13. The molecule has 2 aromatic carbocycles. The molecule has 0 fully saturated rings. The number of ether oxygens (including phenoxy) is 1. The lowest BCUT2D eigenvalue weighted by molar-refractivity contribution is 0.0950. The number of carbonyl (C=O) groups is 1. The predicted octanol–water partition coefficient (Wildman–Crippen LogP) is 2.79. The van der Waals surface area contributed by atoms with Gasteiger partial charge in [0, 0.05) is 25.2 Å². The fourth-order valence-corrected chi connectivity index (χ4v) is 4.04. The van der Waals surface area contributed by atoms with Gasteiger partial charge in [-0.15, -0.1) is 0 Å². The lowest BCUT2D eigenvalue weighted by Gasteiger charge is -2.18. The molecular weight excluding hydrogens is 371 g/mol. The number of carbonyl (C=O) groups excluding carboxylic acids is 1. The van der Waals surface area contributed by atoms with Gasteiger partial charge < -0.3 is 10.1 Å². The Morgan fingerprint density at radius 1 is 1.11 bits per heavy atom. The zero-order chi connectivity index (χ0) is 20.0. The standard InChI is InChI=1S/C19H23FN2O4S/c1-4-22(5-2)27(24,25)16-9-6-14(7-10-16)13-21-19(23)15-8-11-18(26-3)17(20)12-15/h6-12H,4-5,13H2,1-3H3,(H,21,23). The van der Waals surface area contributed by atoms with E-state index >= 15 is 0 Å². The monoisotopic (exact) mass is 394 g/mol. The molecule has 0 heterocycles. The summed E-state index contributed by atoms with van der Waals surface area (Å²) >= 11 is 0. The average Bonchev–Trinajstić information content (AvgIpc) is 2.67. The van der Waals surface area contributed by atoms with Crippen LogP contribution in [0.4, 0.5) is 4.39 Å². The molecule has 0 atom stereocenters. The summed E-state index contributed by atoms with van der Waals surface area (Å²) in [6.45, 7) is 4.56. The summed E-state index contributed by atoms with van der Waals surface area (Å²) in [4.78, 5) is 12.3. The van der Waals surface area contributed by atoms with Crippen molar-refractivity contribution in [2.75, 3.05) is 20.2 Å². The molecule has 2 rings (SSSR count). The van der Waals surface area contributed by atoms with Gasteiger partial charge >= 0.3 is 0 Å². The van der Waals surface area contributed by atoms with E-state index in [9.17, 15) is 17.6 Å². The highest BCUT2D eigenvalue weighted by Crippen LogP contribution is 2.18. The summed E-state index contributed by atoms with van der Waals surface area (Å²) in [6.07, 6.45) is 0. The van der Waals surface area contributed by atoms with E-state index in [0.717, 1.165) is 11.6 Å². The molecule has 6 nitrogen and oxygen atoms in total. The number of nitrogens with zero attached hydrogens (tertiary/aromatic N) is 1. The number of hydrogen-bond donors (Lipinski definition) is 1. The van der Waals surface area contributed by atoms with Crippen LogP contribution in [0.2, 0.25) is 0 Å². The largest absolute Gasteiger partial charge is 0.494 e. The van der Waals surface area contributed by atoms with Crippen LogP contribution in [0.3, 0.4) is 0 Å². The number of amides is 1. The van der Waals surface area contributed by atoms with Crippen LogP contribution in [0.1, 0.15) is 29.8 Å². The molecule has 0 aromatic heterocycles. The van der Waals surface area contributed by atoms with Crippen LogP contribution in [-0.2, 0) is 16.6 Å². The molecule has 146 valence electrons. The smallest absolute Gasteiger partial charge is 0.251 e. The van der Waals surface area contributed by atoms with Crippen molar-refractivity contribution >= 4 is 15.9 Å². The van der Waals surface area contributed by atoms with Gasteiger partial charge in [-0.3, -0.25) is 4.79 Å². The first-order valence-electron chi connectivity index (χ1n) is 8.54. The molecule has 0 aliphatic heterocycles. The molecule has 0 radical (unpaired) electrons. The van der Waals surface area contributed by atoms with Crippen LogP contribution in [0.25, 0.3) is 0 Å². The number of halogens is 1. The van der Waals surface area contributed by atoms with Gasteiger partial charge in [0.2, 0.25) is 10.0 Å². The second-order valence-corrected chi connectivity index (χ2v) is 7.70. The number of rotatable bonds is 8. The van der Waals surface area contributed by atoms with E-state index in [4.69, 9.17) is 4.74 Å². The number of methoxy groups -OCH3 is 1. The first-order valence-corrected chi connectivity index (χ1v) is 9.98. The zero-order valence-corrected chi connectivity index (χ0v) is 16.3. The molecule has 0 spiro atoms. The van der Waals surface area contributed by atoms with E-state index in [1.54, 1.807) is 26.0 Å². The first-order chi connectivity index (χ1) is 12.8. The molecule has 0 bridgehead atoms. The Bertz CT molecular complexity index is 894. The molecule has 0 unspecified atom stereocenters. The van der Waals surface area contributed by atoms with Crippen LogP contribution in [0.15, 0.2) is 47.4 Å². The molecule has 2 aromatic rings. The van der Waals surface area contributed by atoms with E-state index < -0.39 is 21.7 Å². The number of hydrogen-bond acceptors (Lipinski definition) is 4. The van der Waals surface area contributed by atoms with Crippen molar-refractivity contribution in [2.24, 2.45) is 0 Å². The summed E-state index contributed by atoms with van der Waals surface area (Å²) < 4.78 is 44.8. The molecule has 27 heavy (non-hydrogen) atoms. The molecule has 0 saturated carbocycles. The molecule has 8 heteroatoms. The second-order valence-electron chi connectivity index (χ2n) is 5.77. The lowest BCUT2D eigenvalue weighted by atomic mass is 10.2. The fourth-order valence-electron chi connectivity index (χ4n) is 2.58. The quantitative estimate of drug-likeness (QED) is 0.747. The Morgan fingerprint density at radius 3 is 2.26 bits per heavy atom. The number of sulfonamides is 1. The number of nitrogens with one attached hydrogen (secondary N) is 1. The van der Waals surface area contributed by atoms with Gasteiger partial charge in [-0.05, 0) is 35.9 Å². The highest BCUT2D eigenvalue weighted by molar-refractivity contribution is 7.89. The zero-order valence-electron chi connectivity index (χ0n) is 15.5. The van der Waals surface area contributed by atoms with Gasteiger partial charge in [0.25, 0.3) is 5.91 Å². The van der Waals surface area contributed by atoms with E-state index in [-0.39, 0.29) is 22.8 Å². The summed E-state index contributed by atoms with van der Waals surface area (Å²) in [5.41, 5.74) is 0.907. The van der Waals surface area contributed by atoms with Gasteiger partial charge in [0.1, 0.15) is 0 Å². The lowest BCUT2D eigenvalue weighted by Crippen LogP contribution is -2.30. The molecule has 1 N–H and O–H groups in total. The van der Waals surface area contributed by atoms with E-state index in [0.29, 0.717) is 13.1 Å². The summed E-state index contributed by atoms with van der Waals surface area (Å²) in [7, 11) is -2.16. The minimum atomic E-state index is -3.51. The van der Waals surface area contributed by atoms with Gasteiger partial charge in [-0.1, -0.05) is 26.0 Å². The van der Waals surface area contributed by atoms with Crippen LogP contribution < -0.4 is 10.1 Å². The van der Waals surface area contributed by atoms with Crippen LogP contribution in [0, 0.1) is 5.82 Å². The van der Waals surface area contributed by atoms with Gasteiger partial charge in [-0.25, -0.2) is 12.8 Å². The Labute approximate surface area is 159 Å². The normalized spacial score (nSPS) is 11.4. The Kier molecular flexibility index (Phi) is 6.92. The summed E-state index contributed by atoms with van der Waals surface area (Å²) in [5.74, 6) is -0.982. The van der Waals surface area contributed by atoms with E-state index in [1.165, 1.54) is 35.7 Å². The molecule has 0 saturated heterocycles. The maximum Gasteiger partial charge on any atom is 0.251 e. The highest BCUT2D eigenvalue weighted by atomic mass is 32.2. The third kappa shape index (κ3) is 4.84. The first kappa shape index (κ1) is 20.9. The van der Waals surface area contributed by atoms with Crippen molar-refractivity contribution < 1.29 is 22.3 Å². The van der Waals surface area contributed by atoms with Crippen LogP contribution in [-0.4, -0.2) is 38.8 Å². The molecule has 0 aliphatic carbocycles. The maximum absolute atomic E-state index is 13.7. The molecular formula is C19H23FN2O4S. The Hall–Kier alpha value is -2.45. The molecule has 1 amide bonds.